The molecule has 14 heavy (non-hydrogen) atoms. The minimum atomic E-state index is -0.975. The van der Waals surface area contributed by atoms with Crippen molar-refractivity contribution in [3.63, 3.8) is 0 Å². The summed E-state index contributed by atoms with van der Waals surface area (Å²) in [6, 6.07) is 6.55. The zero-order valence-corrected chi connectivity index (χ0v) is 7.65. The van der Waals surface area contributed by atoms with E-state index in [0.717, 1.165) is 12.2 Å². The van der Waals surface area contributed by atoms with Gasteiger partial charge in [0.2, 0.25) is 0 Å². The maximum Gasteiger partial charge on any atom is 0.153 e. The van der Waals surface area contributed by atoms with Crippen LogP contribution in [0.5, 0.6) is 0 Å². The summed E-state index contributed by atoms with van der Waals surface area (Å²) in [7, 11) is 0. The minimum absolute atomic E-state index is 0.0243. The summed E-state index contributed by atoms with van der Waals surface area (Å²) in [6.45, 7) is 0. The van der Waals surface area contributed by atoms with E-state index in [9.17, 15) is 0 Å². The van der Waals surface area contributed by atoms with Crippen molar-refractivity contribution in [1.29, 1.82) is 21.0 Å². The molecule has 66 valence electrons. The van der Waals surface area contributed by atoms with Crippen LogP contribution in [0.3, 0.4) is 0 Å². The van der Waals surface area contributed by atoms with Gasteiger partial charge in [-0.05, 0) is 12.2 Å². The molecule has 0 bridgehead atoms. The first-order valence-electron chi connectivity index (χ1n) is 3.36. The Morgan fingerprint density at radius 2 is 1.57 bits per heavy atom. The summed E-state index contributed by atoms with van der Waals surface area (Å²) >= 11 is 5.57. The highest BCUT2D eigenvalue weighted by molar-refractivity contribution is 6.31. The number of nitrogens with zero attached hydrogens (tertiary/aromatic N) is 4. The molecule has 0 spiro atoms. The predicted octanol–water partition coefficient (Wildman–Crippen LogP) is 1.75. The maximum atomic E-state index is 8.40. The molecule has 0 amide bonds. The van der Waals surface area contributed by atoms with Crippen LogP contribution in [0.2, 0.25) is 0 Å². The quantitative estimate of drug-likeness (QED) is 0.503. The van der Waals surface area contributed by atoms with Gasteiger partial charge in [0.05, 0.1) is 12.1 Å². The van der Waals surface area contributed by atoms with Crippen molar-refractivity contribution < 1.29 is 0 Å². The van der Waals surface area contributed by atoms with Crippen LogP contribution < -0.4 is 0 Å². The second-order valence-electron chi connectivity index (χ2n) is 2.07. The molecule has 0 saturated carbocycles. The van der Waals surface area contributed by atoms with Crippen molar-refractivity contribution in [3.8, 4) is 24.3 Å². The van der Waals surface area contributed by atoms with E-state index < -0.39 is 5.92 Å². The highest BCUT2D eigenvalue weighted by atomic mass is 35.5. The average molecular weight is 203 g/mol. The molecule has 0 heterocycles. The molecule has 0 atom stereocenters. The van der Waals surface area contributed by atoms with Gasteiger partial charge in [-0.2, -0.15) is 21.0 Å². The highest BCUT2D eigenvalue weighted by Crippen LogP contribution is 2.10. The Morgan fingerprint density at radius 3 is 1.93 bits per heavy atom. The smallest absolute Gasteiger partial charge is 0.153 e. The summed E-state index contributed by atoms with van der Waals surface area (Å²) in [4.78, 5) is 0. The Bertz CT molecular complexity index is 403. The summed E-state index contributed by atoms with van der Waals surface area (Å²) in [5.74, 6) is -0.975. The topological polar surface area (TPSA) is 95.2 Å². The van der Waals surface area contributed by atoms with Crippen LogP contribution in [-0.4, -0.2) is 0 Å². The zero-order valence-electron chi connectivity index (χ0n) is 6.90. The number of nitriles is 4. The first-order valence-corrected chi connectivity index (χ1v) is 3.74. The first kappa shape index (κ1) is 11.7. The lowest BCUT2D eigenvalue weighted by Crippen LogP contribution is -1.86. The van der Waals surface area contributed by atoms with Crippen molar-refractivity contribution in [3.05, 3.63) is 22.8 Å². The molecular weight excluding hydrogens is 200 g/mol. The third-order valence-electron chi connectivity index (χ3n) is 1.13. The molecule has 0 aliphatic rings. The second-order valence-corrected chi connectivity index (χ2v) is 2.51. The number of halogens is 1. The Labute approximate surface area is 86.2 Å². The minimum Gasteiger partial charge on any atom is -0.197 e. The second kappa shape index (κ2) is 6.27. The van der Waals surface area contributed by atoms with Crippen molar-refractivity contribution in [2.24, 2.45) is 5.92 Å². The molecule has 0 saturated heterocycles. The number of hydrogen-bond donors (Lipinski definition) is 0. The van der Waals surface area contributed by atoms with Gasteiger partial charge in [-0.1, -0.05) is 11.6 Å². The molecule has 0 aromatic rings. The number of rotatable bonds is 2. The molecule has 0 aliphatic carbocycles. The van der Waals surface area contributed by atoms with Gasteiger partial charge in [0, 0.05) is 5.03 Å². The Morgan fingerprint density at radius 1 is 1.07 bits per heavy atom. The lowest BCUT2D eigenvalue weighted by molar-refractivity contribution is 1.09. The lowest BCUT2D eigenvalue weighted by atomic mass is 10.1. The molecule has 0 unspecified atom stereocenters. The highest BCUT2D eigenvalue weighted by Gasteiger charge is 2.02. The normalized spacial score (nSPS) is 9.14. The number of hydrogen-bond acceptors (Lipinski definition) is 4. The van der Waals surface area contributed by atoms with Gasteiger partial charge in [-0.15, -0.1) is 0 Å². The van der Waals surface area contributed by atoms with E-state index in [-0.39, 0.29) is 10.6 Å². The predicted molar refractivity (Wildman–Crippen MR) is 48.0 cm³/mol. The molecule has 0 fully saturated rings. The Hall–Kier alpha value is -2.27. The standard InChI is InChI=1S/C9H3ClN4/c10-9(1-7(3-11)4-12)2-8(5-13)6-14/h1-2,7H. The SMILES string of the molecule is N#CC(C#N)=CC(Cl)=CC(C#N)C#N. The summed E-state index contributed by atoms with van der Waals surface area (Å²) in [5, 5.41) is 33.6. The molecule has 5 heteroatoms. The van der Waals surface area contributed by atoms with E-state index >= 15 is 0 Å². The van der Waals surface area contributed by atoms with Gasteiger partial charge < -0.3 is 0 Å². The van der Waals surface area contributed by atoms with Crippen molar-refractivity contribution in [1.82, 2.24) is 0 Å². The largest absolute Gasteiger partial charge is 0.197 e. The van der Waals surface area contributed by atoms with Crippen molar-refractivity contribution >= 4 is 11.6 Å². The van der Waals surface area contributed by atoms with E-state index in [4.69, 9.17) is 32.6 Å². The van der Waals surface area contributed by atoms with E-state index in [1.165, 1.54) is 0 Å². The summed E-state index contributed by atoms with van der Waals surface area (Å²) in [5.41, 5.74) is -0.180. The molecule has 0 N–H and O–H groups in total. The summed E-state index contributed by atoms with van der Waals surface area (Å²) in [6.07, 6.45) is 2.26. The van der Waals surface area contributed by atoms with E-state index in [2.05, 4.69) is 0 Å². The van der Waals surface area contributed by atoms with Crippen molar-refractivity contribution in [2.75, 3.05) is 0 Å². The van der Waals surface area contributed by atoms with Gasteiger partial charge in [0.15, 0.2) is 5.92 Å². The molecule has 0 aliphatic heterocycles. The monoisotopic (exact) mass is 202 g/mol. The van der Waals surface area contributed by atoms with Crippen LogP contribution >= 0.6 is 11.6 Å². The van der Waals surface area contributed by atoms with E-state index in [1.54, 1.807) is 24.3 Å². The van der Waals surface area contributed by atoms with E-state index in [1.807, 2.05) is 0 Å². The first-order chi connectivity index (χ1) is 6.67. The molecule has 0 radical (unpaired) electrons. The van der Waals surface area contributed by atoms with Crippen LogP contribution in [0.1, 0.15) is 0 Å². The fourth-order valence-electron chi connectivity index (χ4n) is 0.538. The van der Waals surface area contributed by atoms with Gasteiger partial charge in [-0.25, -0.2) is 0 Å². The molecule has 0 aromatic carbocycles. The van der Waals surface area contributed by atoms with Crippen LogP contribution in [0.4, 0.5) is 0 Å². The maximum absolute atomic E-state index is 8.40. The average Bonchev–Trinajstić information content (AvgIpc) is 2.22. The molecular formula is C9H3ClN4. The summed E-state index contributed by atoms with van der Waals surface area (Å²) < 4.78 is 0. The Balaban J connectivity index is 4.87. The fourth-order valence-corrected chi connectivity index (χ4v) is 0.773. The van der Waals surface area contributed by atoms with E-state index in [0.29, 0.717) is 0 Å². The van der Waals surface area contributed by atoms with Gasteiger partial charge >= 0.3 is 0 Å². The number of allylic oxidation sites excluding steroid dienone is 4. The lowest BCUT2D eigenvalue weighted by Gasteiger charge is -1.89. The third kappa shape index (κ3) is 3.93. The zero-order chi connectivity index (χ0) is 11.0. The molecule has 4 nitrogen and oxygen atoms in total. The Kier molecular flexibility index (Phi) is 5.25. The van der Waals surface area contributed by atoms with Gasteiger partial charge in [-0.3, -0.25) is 0 Å². The fraction of sp³-hybridized carbons (Fsp3) is 0.111. The van der Waals surface area contributed by atoms with Gasteiger partial charge in [0.1, 0.15) is 17.7 Å². The van der Waals surface area contributed by atoms with Gasteiger partial charge in [0.25, 0.3) is 0 Å². The van der Waals surface area contributed by atoms with Crippen LogP contribution in [0.25, 0.3) is 0 Å². The van der Waals surface area contributed by atoms with Crippen molar-refractivity contribution in [2.45, 2.75) is 0 Å². The molecule has 0 aromatic heterocycles. The van der Waals surface area contributed by atoms with Crippen LogP contribution in [0, 0.1) is 51.2 Å². The van der Waals surface area contributed by atoms with Crippen LogP contribution in [-0.2, 0) is 0 Å². The third-order valence-corrected chi connectivity index (χ3v) is 1.36. The van der Waals surface area contributed by atoms with Crippen LogP contribution in [0.15, 0.2) is 22.8 Å². The molecule has 0 rings (SSSR count).